The van der Waals surface area contributed by atoms with Gasteiger partial charge in [0.25, 0.3) is 0 Å². The Morgan fingerprint density at radius 2 is 0.800 bits per heavy atom. The lowest BCUT2D eigenvalue weighted by atomic mass is 9.96. The normalized spacial score (nSPS) is 12.8. The minimum absolute atomic E-state index is 0.625. The zero-order chi connectivity index (χ0) is 15.2. The summed E-state index contributed by atoms with van der Waals surface area (Å²) in [5.74, 6) is 2.53. The molecule has 0 aliphatic heterocycles. The zero-order valence-electron chi connectivity index (χ0n) is 14.1. The Balaban J connectivity index is 2.81. The van der Waals surface area contributed by atoms with E-state index in [0.717, 1.165) is 0 Å². The van der Waals surface area contributed by atoms with E-state index in [0.29, 0.717) is 23.7 Å². The molecule has 0 saturated heterocycles. The van der Waals surface area contributed by atoms with Gasteiger partial charge in [0.1, 0.15) is 0 Å². The Labute approximate surface area is 132 Å². The molecule has 0 aliphatic rings. The third kappa shape index (κ3) is 2.57. The molecule has 2 aromatic heterocycles. The van der Waals surface area contributed by atoms with Crippen molar-refractivity contribution in [3.05, 3.63) is 20.9 Å². The summed E-state index contributed by atoms with van der Waals surface area (Å²) in [7, 11) is 0. The summed E-state index contributed by atoms with van der Waals surface area (Å²) in [6.07, 6.45) is 0. The van der Waals surface area contributed by atoms with Crippen LogP contribution in [0.25, 0.3) is 9.40 Å². The first-order chi connectivity index (χ1) is 9.25. The molecule has 2 rings (SSSR count). The van der Waals surface area contributed by atoms with E-state index in [9.17, 15) is 0 Å². The molecular weight excluding hydrogens is 280 g/mol. The van der Waals surface area contributed by atoms with Crippen LogP contribution in [0.15, 0.2) is 0 Å². The summed E-state index contributed by atoms with van der Waals surface area (Å²) in [6.45, 7) is 18.7. The Bertz CT molecular complexity index is 540. The van der Waals surface area contributed by atoms with Crippen molar-refractivity contribution >= 4 is 32.1 Å². The predicted octanol–water partition coefficient (Wildman–Crippen LogP) is 7.46. The first kappa shape index (κ1) is 16.0. The van der Waals surface area contributed by atoms with E-state index >= 15 is 0 Å². The molecule has 2 heteroatoms. The molecule has 0 spiro atoms. The number of fused-ring (bicyclic) bond motifs is 1. The van der Waals surface area contributed by atoms with Gasteiger partial charge >= 0.3 is 0 Å². The summed E-state index contributed by atoms with van der Waals surface area (Å²) in [4.78, 5) is 3.22. The van der Waals surface area contributed by atoms with Crippen LogP contribution in [0.1, 0.15) is 99.9 Å². The highest BCUT2D eigenvalue weighted by atomic mass is 32.1. The molecule has 0 bridgehead atoms. The van der Waals surface area contributed by atoms with Crippen molar-refractivity contribution < 1.29 is 0 Å². The van der Waals surface area contributed by atoms with Gasteiger partial charge in [-0.1, -0.05) is 55.4 Å². The Morgan fingerprint density at radius 3 is 1.00 bits per heavy atom. The van der Waals surface area contributed by atoms with Gasteiger partial charge < -0.3 is 0 Å². The number of thiophene rings is 2. The minimum Gasteiger partial charge on any atom is -0.138 e. The van der Waals surface area contributed by atoms with E-state index in [1.165, 1.54) is 0 Å². The van der Waals surface area contributed by atoms with Crippen molar-refractivity contribution in [1.82, 2.24) is 0 Å². The lowest BCUT2D eigenvalue weighted by molar-refractivity contribution is 0.816. The van der Waals surface area contributed by atoms with Gasteiger partial charge in [-0.05, 0) is 34.8 Å². The van der Waals surface area contributed by atoms with Crippen molar-refractivity contribution in [2.45, 2.75) is 79.1 Å². The van der Waals surface area contributed by atoms with E-state index in [2.05, 4.69) is 78.1 Å². The van der Waals surface area contributed by atoms with Crippen molar-refractivity contribution in [3.8, 4) is 0 Å². The quantitative estimate of drug-likeness (QED) is 0.550. The highest BCUT2D eigenvalue weighted by Gasteiger charge is 2.25. The molecule has 0 nitrogen and oxygen atoms in total. The molecule has 20 heavy (non-hydrogen) atoms. The van der Waals surface area contributed by atoms with Crippen molar-refractivity contribution in [1.29, 1.82) is 0 Å². The first-order valence-electron chi connectivity index (χ1n) is 7.84. The van der Waals surface area contributed by atoms with E-state index in [1.807, 2.05) is 0 Å². The molecular formula is C18H28S2. The van der Waals surface area contributed by atoms with Crippen LogP contribution in [-0.4, -0.2) is 0 Å². The second-order valence-electron chi connectivity index (χ2n) is 7.04. The maximum Gasteiger partial charge on any atom is 0.0494 e. The second-order valence-corrected chi connectivity index (χ2v) is 9.14. The third-order valence-electron chi connectivity index (χ3n) is 3.85. The Kier molecular flexibility index (Phi) is 4.66. The largest absolute Gasteiger partial charge is 0.138 e. The number of rotatable bonds is 4. The zero-order valence-corrected chi connectivity index (χ0v) is 15.8. The van der Waals surface area contributed by atoms with Gasteiger partial charge in [0.15, 0.2) is 0 Å². The molecule has 0 unspecified atom stereocenters. The fraction of sp³-hybridized carbons (Fsp3) is 0.667. The van der Waals surface area contributed by atoms with E-state index in [4.69, 9.17) is 0 Å². The molecule has 112 valence electrons. The highest BCUT2D eigenvalue weighted by molar-refractivity contribution is 7.28. The summed E-state index contributed by atoms with van der Waals surface area (Å²) < 4.78 is 3.17. The summed E-state index contributed by atoms with van der Waals surface area (Å²) in [5, 5.41) is 0. The molecule has 0 aromatic carbocycles. The fourth-order valence-corrected chi connectivity index (χ4v) is 6.45. The van der Waals surface area contributed by atoms with Crippen LogP contribution in [0.2, 0.25) is 0 Å². The van der Waals surface area contributed by atoms with Gasteiger partial charge in [-0.3, -0.25) is 0 Å². The average molecular weight is 309 g/mol. The SMILES string of the molecule is CC(C)c1sc2c(C(C)C)c(C(C)C)sc2c1C(C)C. The van der Waals surface area contributed by atoms with Gasteiger partial charge in [0, 0.05) is 19.2 Å². The molecule has 0 atom stereocenters. The Hall–Kier alpha value is -0.340. The van der Waals surface area contributed by atoms with Gasteiger partial charge in [-0.15, -0.1) is 22.7 Å². The van der Waals surface area contributed by atoms with E-state index in [-0.39, 0.29) is 0 Å². The maximum atomic E-state index is 2.34. The molecule has 0 aliphatic carbocycles. The monoisotopic (exact) mass is 308 g/mol. The highest BCUT2D eigenvalue weighted by Crippen LogP contribution is 2.49. The minimum atomic E-state index is 0.625. The lowest BCUT2D eigenvalue weighted by Gasteiger charge is -2.12. The van der Waals surface area contributed by atoms with Crippen molar-refractivity contribution in [2.24, 2.45) is 0 Å². The molecule has 0 N–H and O–H groups in total. The van der Waals surface area contributed by atoms with Crippen molar-refractivity contribution in [3.63, 3.8) is 0 Å². The van der Waals surface area contributed by atoms with E-state index in [1.54, 1.807) is 30.3 Å². The molecule has 2 heterocycles. The van der Waals surface area contributed by atoms with Crippen LogP contribution >= 0.6 is 22.7 Å². The molecule has 0 fully saturated rings. The second kappa shape index (κ2) is 5.81. The van der Waals surface area contributed by atoms with Crippen LogP contribution < -0.4 is 0 Å². The van der Waals surface area contributed by atoms with Crippen LogP contribution in [0.5, 0.6) is 0 Å². The van der Waals surface area contributed by atoms with Crippen LogP contribution in [0.4, 0.5) is 0 Å². The van der Waals surface area contributed by atoms with Crippen LogP contribution in [0.3, 0.4) is 0 Å². The van der Waals surface area contributed by atoms with Gasteiger partial charge in [-0.2, -0.15) is 0 Å². The molecule has 0 saturated carbocycles. The standard InChI is InChI=1S/C18H28S2/c1-9(2)13-15(11(5)6)19-18-14(10(3)4)16(12(7)8)20-17(13)18/h9-12H,1-8H3. The van der Waals surface area contributed by atoms with Crippen LogP contribution in [0, 0.1) is 0 Å². The number of hydrogen-bond acceptors (Lipinski definition) is 2. The molecule has 0 radical (unpaired) electrons. The molecule has 2 aromatic rings. The smallest absolute Gasteiger partial charge is 0.0494 e. The van der Waals surface area contributed by atoms with Gasteiger partial charge in [0.05, 0.1) is 0 Å². The lowest BCUT2D eigenvalue weighted by Crippen LogP contribution is -1.93. The third-order valence-corrected chi connectivity index (χ3v) is 7.06. The van der Waals surface area contributed by atoms with Crippen LogP contribution in [-0.2, 0) is 0 Å². The van der Waals surface area contributed by atoms with Crippen molar-refractivity contribution in [2.75, 3.05) is 0 Å². The van der Waals surface area contributed by atoms with Gasteiger partial charge in [-0.25, -0.2) is 0 Å². The first-order valence-corrected chi connectivity index (χ1v) is 9.47. The topological polar surface area (TPSA) is 0 Å². The summed E-state index contributed by atoms with van der Waals surface area (Å²) in [5.41, 5.74) is 3.25. The predicted molar refractivity (Wildman–Crippen MR) is 96.1 cm³/mol. The van der Waals surface area contributed by atoms with Gasteiger partial charge in [0.2, 0.25) is 0 Å². The van der Waals surface area contributed by atoms with E-state index < -0.39 is 0 Å². The Morgan fingerprint density at radius 1 is 0.500 bits per heavy atom. The average Bonchev–Trinajstić information content (AvgIpc) is 2.81. The summed E-state index contributed by atoms with van der Waals surface area (Å²) >= 11 is 4.13. The maximum absolute atomic E-state index is 2.34. The number of hydrogen-bond donors (Lipinski definition) is 0. The summed E-state index contributed by atoms with van der Waals surface area (Å²) in [6, 6.07) is 0. The molecule has 0 amide bonds. The fourth-order valence-electron chi connectivity index (χ4n) is 2.95.